The predicted molar refractivity (Wildman–Crippen MR) is 96.5 cm³/mol. The number of H-pyrrole nitrogens is 1. The first-order valence-electron chi connectivity index (χ1n) is 7.78. The molecule has 3 aromatic rings. The molecule has 0 saturated carbocycles. The standard InChI is InChI=1S/C17H16N4O4S/c1-10(11-5-3-2-4-6-11)26-13-7-12(22)15(16-19-9-20-21(13)16)17(25)18-8-14(23)24/h2-7,9-10H,8H2,1H3,(H,18,25)(H,19,20)(H,23,24). The quantitative estimate of drug-likeness (QED) is 0.567. The van der Waals surface area contributed by atoms with Gasteiger partial charge < -0.3 is 10.4 Å². The first-order valence-corrected chi connectivity index (χ1v) is 8.66. The third kappa shape index (κ3) is 3.62. The zero-order valence-electron chi connectivity index (χ0n) is 13.8. The van der Waals surface area contributed by atoms with Crippen LogP contribution in [-0.2, 0) is 4.79 Å². The topological polar surface area (TPSA) is 117 Å². The van der Waals surface area contributed by atoms with Crippen LogP contribution in [0.2, 0.25) is 0 Å². The molecule has 1 aromatic carbocycles. The minimum Gasteiger partial charge on any atom is -0.480 e. The van der Waals surface area contributed by atoms with Crippen molar-refractivity contribution in [2.45, 2.75) is 17.2 Å². The SMILES string of the molecule is CC(Sc1cc(=O)c(C(=O)NCC(=O)O)c2nc[nH]n12)c1ccccc1. The Bertz CT molecular complexity index is 1010. The number of pyridine rings is 1. The molecule has 0 spiro atoms. The Kier molecular flexibility index (Phi) is 5.08. The third-order valence-electron chi connectivity index (χ3n) is 3.72. The van der Waals surface area contributed by atoms with Crippen molar-refractivity contribution < 1.29 is 14.7 Å². The van der Waals surface area contributed by atoms with E-state index in [2.05, 4.69) is 15.4 Å². The summed E-state index contributed by atoms with van der Waals surface area (Å²) in [5.74, 6) is -1.96. The van der Waals surface area contributed by atoms with Crippen molar-refractivity contribution in [3.05, 3.63) is 64.1 Å². The maximum atomic E-state index is 12.5. The molecule has 26 heavy (non-hydrogen) atoms. The number of carbonyl (C=O) groups is 2. The van der Waals surface area contributed by atoms with Crippen LogP contribution in [0.15, 0.2) is 52.5 Å². The summed E-state index contributed by atoms with van der Waals surface area (Å²) in [4.78, 5) is 39.3. The average molecular weight is 372 g/mol. The molecule has 0 aliphatic rings. The van der Waals surface area contributed by atoms with E-state index in [1.807, 2.05) is 37.3 Å². The fourth-order valence-corrected chi connectivity index (χ4v) is 3.56. The number of aliphatic carboxylic acids is 1. The van der Waals surface area contributed by atoms with Crippen LogP contribution in [0.3, 0.4) is 0 Å². The Balaban J connectivity index is 1.96. The van der Waals surface area contributed by atoms with Crippen molar-refractivity contribution in [2.24, 2.45) is 0 Å². The number of nitrogens with zero attached hydrogens (tertiary/aromatic N) is 2. The van der Waals surface area contributed by atoms with Gasteiger partial charge in [0.2, 0.25) is 0 Å². The highest BCUT2D eigenvalue weighted by Crippen LogP contribution is 2.34. The lowest BCUT2D eigenvalue weighted by molar-refractivity contribution is -0.135. The number of carboxylic acid groups (broad SMARTS) is 1. The number of fused-ring (bicyclic) bond motifs is 1. The van der Waals surface area contributed by atoms with Crippen LogP contribution in [0, 0.1) is 0 Å². The number of hydrogen-bond acceptors (Lipinski definition) is 5. The summed E-state index contributed by atoms with van der Waals surface area (Å²) in [6, 6.07) is 11.2. The molecule has 0 aliphatic carbocycles. The van der Waals surface area contributed by atoms with Gasteiger partial charge in [-0.05, 0) is 12.5 Å². The fourth-order valence-electron chi connectivity index (χ4n) is 2.49. The van der Waals surface area contributed by atoms with Gasteiger partial charge in [0.25, 0.3) is 5.91 Å². The van der Waals surface area contributed by atoms with Crippen LogP contribution in [0.25, 0.3) is 5.65 Å². The van der Waals surface area contributed by atoms with Crippen molar-refractivity contribution in [3.8, 4) is 0 Å². The van der Waals surface area contributed by atoms with E-state index in [-0.39, 0.29) is 16.5 Å². The molecule has 0 fully saturated rings. The van der Waals surface area contributed by atoms with Gasteiger partial charge in [0.05, 0.1) is 0 Å². The smallest absolute Gasteiger partial charge is 0.322 e. The zero-order chi connectivity index (χ0) is 18.7. The van der Waals surface area contributed by atoms with Crippen molar-refractivity contribution in [3.63, 3.8) is 0 Å². The lowest BCUT2D eigenvalue weighted by atomic mass is 10.2. The van der Waals surface area contributed by atoms with Crippen molar-refractivity contribution >= 4 is 29.3 Å². The molecule has 3 N–H and O–H groups in total. The Morgan fingerprint density at radius 3 is 2.77 bits per heavy atom. The summed E-state index contributed by atoms with van der Waals surface area (Å²) < 4.78 is 1.54. The van der Waals surface area contributed by atoms with Gasteiger partial charge in [-0.25, -0.2) is 9.50 Å². The molecule has 2 aromatic heterocycles. The van der Waals surface area contributed by atoms with Gasteiger partial charge in [0.15, 0.2) is 11.1 Å². The Morgan fingerprint density at radius 1 is 1.35 bits per heavy atom. The summed E-state index contributed by atoms with van der Waals surface area (Å²) in [5, 5.41) is 14.4. The summed E-state index contributed by atoms with van der Waals surface area (Å²) >= 11 is 1.45. The number of aromatic amines is 1. The Labute approximate surface area is 152 Å². The lowest BCUT2D eigenvalue weighted by Crippen LogP contribution is -2.33. The predicted octanol–water partition coefficient (Wildman–Crippen LogP) is 1.69. The number of benzene rings is 1. The molecule has 134 valence electrons. The van der Waals surface area contributed by atoms with Gasteiger partial charge in [-0.2, -0.15) is 0 Å². The summed E-state index contributed by atoms with van der Waals surface area (Å²) in [7, 11) is 0. The molecule has 0 radical (unpaired) electrons. The van der Waals surface area contributed by atoms with Crippen molar-refractivity contribution in [2.75, 3.05) is 6.54 Å². The number of rotatable bonds is 6. The molecule has 9 heteroatoms. The van der Waals surface area contributed by atoms with E-state index in [1.54, 1.807) is 4.52 Å². The van der Waals surface area contributed by atoms with E-state index in [9.17, 15) is 14.4 Å². The Hall–Kier alpha value is -3.07. The zero-order valence-corrected chi connectivity index (χ0v) is 14.6. The molecule has 1 unspecified atom stereocenters. The van der Waals surface area contributed by atoms with Crippen molar-refractivity contribution in [1.29, 1.82) is 0 Å². The van der Waals surface area contributed by atoms with Gasteiger partial charge in [-0.3, -0.25) is 19.5 Å². The average Bonchev–Trinajstić information content (AvgIpc) is 3.10. The highest BCUT2D eigenvalue weighted by atomic mass is 32.2. The van der Waals surface area contributed by atoms with Crippen LogP contribution in [-0.4, -0.2) is 38.1 Å². The van der Waals surface area contributed by atoms with E-state index < -0.39 is 23.9 Å². The van der Waals surface area contributed by atoms with Gasteiger partial charge in [-0.1, -0.05) is 42.1 Å². The van der Waals surface area contributed by atoms with Crippen LogP contribution >= 0.6 is 11.8 Å². The second kappa shape index (κ2) is 7.44. The van der Waals surface area contributed by atoms with Gasteiger partial charge >= 0.3 is 5.97 Å². The second-order valence-electron chi connectivity index (χ2n) is 5.52. The van der Waals surface area contributed by atoms with E-state index >= 15 is 0 Å². The molecule has 1 amide bonds. The lowest BCUT2D eigenvalue weighted by Gasteiger charge is -2.13. The number of hydrogen-bond donors (Lipinski definition) is 3. The molecule has 0 bridgehead atoms. The number of carboxylic acids is 1. The largest absolute Gasteiger partial charge is 0.480 e. The molecule has 0 saturated heterocycles. The molecular formula is C17H16N4O4S. The first kappa shape index (κ1) is 17.7. The number of thioether (sulfide) groups is 1. The van der Waals surface area contributed by atoms with E-state index in [0.717, 1.165) is 5.56 Å². The highest BCUT2D eigenvalue weighted by Gasteiger charge is 2.20. The van der Waals surface area contributed by atoms with E-state index in [0.29, 0.717) is 5.03 Å². The van der Waals surface area contributed by atoms with E-state index in [4.69, 9.17) is 5.11 Å². The van der Waals surface area contributed by atoms with Crippen LogP contribution in [0.4, 0.5) is 0 Å². The summed E-state index contributed by atoms with van der Waals surface area (Å²) in [6.07, 6.45) is 1.37. The molecule has 0 aliphatic heterocycles. The maximum Gasteiger partial charge on any atom is 0.322 e. The van der Waals surface area contributed by atoms with Crippen LogP contribution in [0.1, 0.15) is 28.1 Å². The van der Waals surface area contributed by atoms with Crippen LogP contribution < -0.4 is 10.7 Å². The number of nitrogens with one attached hydrogen (secondary N) is 2. The summed E-state index contributed by atoms with van der Waals surface area (Å²) in [6.45, 7) is 1.44. The molecular weight excluding hydrogens is 356 g/mol. The van der Waals surface area contributed by atoms with Crippen molar-refractivity contribution in [1.82, 2.24) is 19.9 Å². The second-order valence-corrected chi connectivity index (χ2v) is 6.88. The van der Waals surface area contributed by atoms with E-state index in [1.165, 1.54) is 24.2 Å². The molecule has 3 rings (SSSR count). The minimum atomic E-state index is -1.19. The third-order valence-corrected chi connectivity index (χ3v) is 4.89. The first-order chi connectivity index (χ1) is 12.5. The number of amides is 1. The van der Waals surface area contributed by atoms with Gasteiger partial charge in [-0.15, -0.1) is 0 Å². The maximum absolute atomic E-state index is 12.5. The monoisotopic (exact) mass is 372 g/mol. The van der Waals surface area contributed by atoms with Gasteiger partial charge in [0, 0.05) is 11.3 Å². The van der Waals surface area contributed by atoms with Gasteiger partial charge in [0.1, 0.15) is 23.5 Å². The molecule has 1 atom stereocenters. The molecule has 2 heterocycles. The normalized spacial score (nSPS) is 12.0. The number of aromatic nitrogens is 3. The fraction of sp³-hybridized carbons (Fsp3) is 0.176. The Morgan fingerprint density at radius 2 is 2.08 bits per heavy atom. The minimum absolute atomic E-state index is 0.0706. The summed E-state index contributed by atoms with van der Waals surface area (Å²) in [5.41, 5.74) is 0.552. The highest BCUT2D eigenvalue weighted by molar-refractivity contribution is 7.99. The number of carbonyl (C=O) groups excluding carboxylic acids is 1. The van der Waals surface area contributed by atoms with Crippen LogP contribution in [0.5, 0.6) is 0 Å². The molecule has 8 nitrogen and oxygen atoms in total.